The van der Waals surface area contributed by atoms with Crippen molar-refractivity contribution < 1.29 is 4.74 Å². The van der Waals surface area contributed by atoms with Gasteiger partial charge in [0.05, 0.1) is 13.2 Å². The van der Waals surface area contributed by atoms with E-state index < -0.39 is 0 Å². The summed E-state index contributed by atoms with van der Waals surface area (Å²) in [6, 6.07) is 0. The second-order valence-corrected chi connectivity index (χ2v) is 5.19. The number of hydrogen-bond donors (Lipinski definition) is 0. The van der Waals surface area contributed by atoms with Crippen molar-refractivity contribution in [3.05, 3.63) is 0 Å². The SMILES string of the molecule is CN1CCC(CN(C)CCOCCCl)CC1. The van der Waals surface area contributed by atoms with Crippen LogP contribution in [0.3, 0.4) is 0 Å². The van der Waals surface area contributed by atoms with Gasteiger partial charge in [0.15, 0.2) is 0 Å². The van der Waals surface area contributed by atoms with Gasteiger partial charge in [0.2, 0.25) is 0 Å². The Morgan fingerprint density at radius 1 is 1.31 bits per heavy atom. The quantitative estimate of drug-likeness (QED) is 0.502. The molecule has 1 fully saturated rings. The molecule has 0 atom stereocenters. The number of hydrogen-bond acceptors (Lipinski definition) is 3. The van der Waals surface area contributed by atoms with Crippen LogP contribution in [0, 0.1) is 5.92 Å². The number of halogens is 1. The minimum atomic E-state index is 0.596. The molecule has 0 aromatic rings. The van der Waals surface area contributed by atoms with E-state index in [2.05, 4.69) is 23.9 Å². The molecule has 16 heavy (non-hydrogen) atoms. The van der Waals surface area contributed by atoms with Crippen LogP contribution in [0.15, 0.2) is 0 Å². The van der Waals surface area contributed by atoms with Crippen LogP contribution >= 0.6 is 11.6 Å². The molecule has 0 aliphatic carbocycles. The van der Waals surface area contributed by atoms with Gasteiger partial charge in [-0.2, -0.15) is 0 Å². The van der Waals surface area contributed by atoms with Crippen molar-refractivity contribution in [3.8, 4) is 0 Å². The predicted molar refractivity (Wildman–Crippen MR) is 69.3 cm³/mol. The molecule has 1 saturated heterocycles. The second kappa shape index (κ2) is 8.29. The molecule has 0 spiro atoms. The molecule has 96 valence electrons. The van der Waals surface area contributed by atoms with Crippen molar-refractivity contribution in [2.24, 2.45) is 5.92 Å². The van der Waals surface area contributed by atoms with Crippen LogP contribution in [-0.2, 0) is 4.74 Å². The highest BCUT2D eigenvalue weighted by Crippen LogP contribution is 2.16. The first kappa shape index (κ1) is 14.2. The number of ether oxygens (including phenoxy) is 1. The summed E-state index contributed by atoms with van der Waals surface area (Å²) in [5.41, 5.74) is 0. The zero-order valence-corrected chi connectivity index (χ0v) is 11.4. The highest BCUT2D eigenvalue weighted by Gasteiger charge is 2.17. The Hall–Kier alpha value is 0.170. The van der Waals surface area contributed by atoms with E-state index in [0.29, 0.717) is 12.5 Å². The summed E-state index contributed by atoms with van der Waals surface area (Å²) in [7, 11) is 4.39. The number of nitrogens with zero attached hydrogens (tertiary/aromatic N) is 2. The van der Waals surface area contributed by atoms with Gasteiger partial charge in [-0.25, -0.2) is 0 Å². The third-order valence-corrected chi connectivity index (χ3v) is 3.40. The third-order valence-electron chi connectivity index (χ3n) is 3.25. The summed E-state index contributed by atoms with van der Waals surface area (Å²) >= 11 is 5.54. The maximum absolute atomic E-state index is 5.54. The van der Waals surface area contributed by atoms with E-state index in [1.165, 1.54) is 32.5 Å². The Morgan fingerprint density at radius 2 is 2.00 bits per heavy atom. The van der Waals surface area contributed by atoms with Gasteiger partial charge in [0, 0.05) is 19.0 Å². The summed E-state index contributed by atoms with van der Waals surface area (Å²) in [6.45, 7) is 6.20. The molecule has 0 aromatic carbocycles. The van der Waals surface area contributed by atoms with Crippen LogP contribution in [0.2, 0.25) is 0 Å². The molecule has 0 aromatic heterocycles. The predicted octanol–water partition coefficient (Wildman–Crippen LogP) is 1.52. The van der Waals surface area contributed by atoms with Crippen LogP contribution in [0.25, 0.3) is 0 Å². The van der Waals surface area contributed by atoms with E-state index in [4.69, 9.17) is 16.3 Å². The lowest BCUT2D eigenvalue weighted by Crippen LogP contribution is -2.36. The molecule has 0 amide bonds. The monoisotopic (exact) mass is 248 g/mol. The van der Waals surface area contributed by atoms with Crippen LogP contribution in [-0.4, -0.2) is 69.2 Å². The van der Waals surface area contributed by atoms with Crippen LogP contribution in [0.4, 0.5) is 0 Å². The van der Waals surface area contributed by atoms with Crippen LogP contribution in [0.5, 0.6) is 0 Å². The van der Waals surface area contributed by atoms with E-state index >= 15 is 0 Å². The molecule has 1 rings (SSSR count). The van der Waals surface area contributed by atoms with Crippen molar-refractivity contribution >= 4 is 11.6 Å². The Balaban J connectivity index is 2.02. The van der Waals surface area contributed by atoms with Gasteiger partial charge in [-0.15, -0.1) is 11.6 Å². The molecule has 0 radical (unpaired) electrons. The summed E-state index contributed by atoms with van der Waals surface area (Å²) in [6.07, 6.45) is 2.67. The van der Waals surface area contributed by atoms with Crippen molar-refractivity contribution in [1.82, 2.24) is 9.80 Å². The lowest BCUT2D eigenvalue weighted by Gasteiger charge is -2.31. The van der Waals surface area contributed by atoms with Crippen LogP contribution in [0.1, 0.15) is 12.8 Å². The molecular formula is C12H25ClN2O. The second-order valence-electron chi connectivity index (χ2n) is 4.81. The first-order chi connectivity index (χ1) is 7.72. The van der Waals surface area contributed by atoms with Gasteiger partial charge in [0.25, 0.3) is 0 Å². The third kappa shape index (κ3) is 6.04. The van der Waals surface area contributed by atoms with Crippen LogP contribution < -0.4 is 0 Å². The lowest BCUT2D eigenvalue weighted by molar-refractivity contribution is 0.109. The number of alkyl halides is 1. The van der Waals surface area contributed by atoms with E-state index in [1.54, 1.807) is 0 Å². The Labute approximate surface area is 105 Å². The smallest absolute Gasteiger partial charge is 0.0602 e. The molecule has 4 heteroatoms. The summed E-state index contributed by atoms with van der Waals surface area (Å²) < 4.78 is 5.38. The van der Waals surface area contributed by atoms with Crippen molar-refractivity contribution in [2.75, 3.05) is 59.4 Å². The van der Waals surface area contributed by atoms with Crippen molar-refractivity contribution in [2.45, 2.75) is 12.8 Å². The molecule has 1 aliphatic rings. The first-order valence-electron chi connectivity index (χ1n) is 6.23. The number of likely N-dealkylation sites (tertiary alicyclic amines) is 1. The van der Waals surface area contributed by atoms with E-state index in [0.717, 1.165) is 19.1 Å². The molecule has 0 saturated carbocycles. The van der Waals surface area contributed by atoms with Gasteiger partial charge < -0.3 is 14.5 Å². The van der Waals surface area contributed by atoms with Crippen molar-refractivity contribution in [1.29, 1.82) is 0 Å². The molecule has 0 N–H and O–H groups in total. The maximum atomic E-state index is 5.54. The normalized spacial score (nSPS) is 19.5. The van der Waals surface area contributed by atoms with E-state index in [9.17, 15) is 0 Å². The fraction of sp³-hybridized carbons (Fsp3) is 1.00. The molecule has 1 heterocycles. The first-order valence-corrected chi connectivity index (χ1v) is 6.76. The van der Waals surface area contributed by atoms with Crippen molar-refractivity contribution in [3.63, 3.8) is 0 Å². The fourth-order valence-electron chi connectivity index (χ4n) is 2.15. The van der Waals surface area contributed by atoms with Gasteiger partial charge in [-0.3, -0.25) is 0 Å². The number of piperidine rings is 1. The standard InChI is InChI=1S/C12H25ClN2O/c1-14-6-3-12(4-7-14)11-15(2)8-10-16-9-5-13/h12H,3-11H2,1-2H3. The van der Waals surface area contributed by atoms with E-state index in [1.807, 2.05) is 0 Å². The topological polar surface area (TPSA) is 15.7 Å². The Morgan fingerprint density at radius 3 is 2.62 bits per heavy atom. The summed E-state index contributed by atoms with van der Waals surface area (Å²) in [5.74, 6) is 1.47. The average Bonchev–Trinajstić information content (AvgIpc) is 2.28. The zero-order chi connectivity index (χ0) is 11.8. The Bertz CT molecular complexity index is 172. The summed E-state index contributed by atoms with van der Waals surface area (Å²) in [4.78, 5) is 4.80. The molecule has 0 bridgehead atoms. The minimum absolute atomic E-state index is 0.596. The Kier molecular flexibility index (Phi) is 7.37. The summed E-state index contributed by atoms with van der Waals surface area (Å²) in [5, 5.41) is 0. The molecule has 0 unspecified atom stereocenters. The van der Waals surface area contributed by atoms with Gasteiger partial charge in [-0.05, 0) is 45.9 Å². The zero-order valence-electron chi connectivity index (χ0n) is 10.6. The molecular weight excluding hydrogens is 224 g/mol. The van der Waals surface area contributed by atoms with Gasteiger partial charge in [0.1, 0.15) is 0 Å². The highest BCUT2D eigenvalue weighted by atomic mass is 35.5. The average molecular weight is 249 g/mol. The fourth-order valence-corrected chi connectivity index (χ4v) is 2.26. The highest BCUT2D eigenvalue weighted by molar-refractivity contribution is 6.17. The molecule has 1 aliphatic heterocycles. The molecule has 3 nitrogen and oxygen atoms in total. The lowest BCUT2D eigenvalue weighted by atomic mass is 9.97. The largest absolute Gasteiger partial charge is 0.379 e. The number of rotatable bonds is 7. The maximum Gasteiger partial charge on any atom is 0.0602 e. The van der Waals surface area contributed by atoms with Gasteiger partial charge >= 0.3 is 0 Å². The minimum Gasteiger partial charge on any atom is -0.379 e. The van der Waals surface area contributed by atoms with Gasteiger partial charge in [-0.1, -0.05) is 0 Å². The number of likely N-dealkylation sites (N-methyl/N-ethyl adjacent to an activating group) is 1. The van der Waals surface area contributed by atoms with E-state index in [-0.39, 0.29) is 0 Å².